The zero-order chi connectivity index (χ0) is 14.6. The fourth-order valence-corrected chi connectivity index (χ4v) is 2.55. The van der Waals surface area contributed by atoms with Gasteiger partial charge in [-0.2, -0.15) is 5.26 Å². The Balaban J connectivity index is 2.79. The summed E-state index contributed by atoms with van der Waals surface area (Å²) >= 11 is 0. The van der Waals surface area contributed by atoms with Gasteiger partial charge in [0.25, 0.3) is 0 Å². The van der Waals surface area contributed by atoms with E-state index in [0.717, 1.165) is 0 Å². The number of rotatable bonds is 5. The first kappa shape index (κ1) is 15.5. The highest BCUT2D eigenvalue weighted by molar-refractivity contribution is 5.89. The van der Waals surface area contributed by atoms with E-state index < -0.39 is 11.4 Å². The Labute approximate surface area is 114 Å². The van der Waals surface area contributed by atoms with E-state index in [2.05, 4.69) is 6.07 Å². The molecule has 1 aliphatic carbocycles. The summed E-state index contributed by atoms with van der Waals surface area (Å²) in [5.41, 5.74) is -0.934. The van der Waals surface area contributed by atoms with E-state index in [1.807, 2.05) is 20.8 Å². The van der Waals surface area contributed by atoms with Gasteiger partial charge in [-0.1, -0.05) is 6.92 Å². The van der Waals surface area contributed by atoms with Crippen molar-refractivity contribution in [2.45, 2.75) is 46.6 Å². The van der Waals surface area contributed by atoms with Crippen LogP contribution in [-0.4, -0.2) is 36.0 Å². The fourth-order valence-electron chi connectivity index (χ4n) is 2.55. The molecular weight excluding hydrogens is 244 g/mol. The topological polar surface area (TPSA) is 70.4 Å². The van der Waals surface area contributed by atoms with Crippen LogP contribution in [0.4, 0.5) is 0 Å². The summed E-state index contributed by atoms with van der Waals surface area (Å²) < 4.78 is 4.88. The Bertz CT molecular complexity index is 392. The lowest BCUT2D eigenvalue weighted by Gasteiger charge is -2.43. The third-order valence-electron chi connectivity index (χ3n) is 3.51. The van der Waals surface area contributed by atoms with Gasteiger partial charge >= 0.3 is 5.97 Å². The molecule has 0 aromatic rings. The normalized spacial score (nSPS) is 25.4. The smallest absolute Gasteiger partial charge is 0.325 e. The lowest BCUT2D eigenvalue weighted by Crippen LogP contribution is -2.53. The standard InChI is InChI=1S/C14H22N2O3/c1-5-19-12(17)8-16(10(2)3)13(18)14(9-15)6-11(4)7-14/h10-11H,5-8H2,1-4H3. The van der Waals surface area contributed by atoms with Crippen LogP contribution in [0.2, 0.25) is 0 Å². The first-order chi connectivity index (χ1) is 8.86. The van der Waals surface area contributed by atoms with Crippen LogP contribution in [0.25, 0.3) is 0 Å². The fraction of sp³-hybridized carbons (Fsp3) is 0.786. The average Bonchev–Trinajstić information content (AvgIpc) is 2.31. The van der Waals surface area contributed by atoms with Crippen molar-refractivity contribution in [1.82, 2.24) is 4.90 Å². The molecule has 0 radical (unpaired) electrons. The summed E-state index contributed by atoms with van der Waals surface area (Å²) in [6.45, 7) is 7.63. The van der Waals surface area contributed by atoms with Crippen LogP contribution in [0, 0.1) is 22.7 Å². The van der Waals surface area contributed by atoms with Crippen molar-refractivity contribution in [2.24, 2.45) is 11.3 Å². The van der Waals surface area contributed by atoms with Crippen LogP contribution in [0.15, 0.2) is 0 Å². The molecule has 0 heterocycles. The molecule has 106 valence electrons. The van der Waals surface area contributed by atoms with E-state index in [9.17, 15) is 14.9 Å². The van der Waals surface area contributed by atoms with Gasteiger partial charge in [-0.05, 0) is 39.5 Å². The Morgan fingerprint density at radius 1 is 1.47 bits per heavy atom. The lowest BCUT2D eigenvalue weighted by atomic mass is 9.62. The van der Waals surface area contributed by atoms with Crippen molar-refractivity contribution in [1.29, 1.82) is 5.26 Å². The molecule has 5 nitrogen and oxygen atoms in total. The number of hydrogen-bond acceptors (Lipinski definition) is 4. The third kappa shape index (κ3) is 3.25. The molecule has 0 atom stereocenters. The highest BCUT2D eigenvalue weighted by atomic mass is 16.5. The van der Waals surface area contributed by atoms with Gasteiger partial charge in [-0.15, -0.1) is 0 Å². The van der Waals surface area contributed by atoms with Crippen LogP contribution in [0.5, 0.6) is 0 Å². The highest BCUT2D eigenvalue weighted by Crippen LogP contribution is 2.46. The molecule has 0 aliphatic heterocycles. The largest absolute Gasteiger partial charge is 0.465 e. The minimum atomic E-state index is -0.934. The Kier molecular flexibility index (Phi) is 4.93. The molecule has 1 fully saturated rings. The van der Waals surface area contributed by atoms with Crippen molar-refractivity contribution in [2.75, 3.05) is 13.2 Å². The van der Waals surface area contributed by atoms with Crippen LogP contribution in [0.3, 0.4) is 0 Å². The second-order valence-electron chi connectivity index (χ2n) is 5.54. The lowest BCUT2D eigenvalue weighted by molar-refractivity contribution is -0.156. The van der Waals surface area contributed by atoms with Gasteiger partial charge in [-0.25, -0.2) is 0 Å². The quantitative estimate of drug-likeness (QED) is 0.710. The van der Waals surface area contributed by atoms with Crippen LogP contribution in [-0.2, 0) is 14.3 Å². The van der Waals surface area contributed by atoms with Gasteiger partial charge in [0.2, 0.25) is 5.91 Å². The van der Waals surface area contributed by atoms with Gasteiger partial charge < -0.3 is 9.64 Å². The number of amides is 1. The molecule has 0 spiro atoms. The summed E-state index contributed by atoms with van der Waals surface area (Å²) in [4.78, 5) is 25.5. The number of carbonyl (C=O) groups is 2. The molecule has 1 rings (SSSR count). The van der Waals surface area contributed by atoms with Gasteiger partial charge in [-0.3, -0.25) is 9.59 Å². The van der Waals surface area contributed by atoms with Gasteiger partial charge in [0.15, 0.2) is 0 Å². The maximum absolute atomic E-state index is 12.5. The number of carbonyl (C=O) groups excluding carboxylic acids is 2. The summed E-state index contributed by atoms with van der Waals surface area (Å²) in [6.07, 6.45) is 1.16. The Hall–Kier alpha value is -1.57. The minimum Gasteiger partial charge on any atom is -0.465 e. The Morgan fingerprint density at radius 3 is 2.42 bits per heavy atom. The first-order valence-electron chi connectivity index (χ1n) is 6.74. The third-order valence-corrected chi connectivity index (χ3v) is 3.51. The van der Waals surface area contributed by atoms with Crippen molar-refractivity contribution < 1.29 is 14.3 Å². The molecule has 0 unspecified atom stereocenters. The van der Waals surface area contributed by atoms with Crippen LogP contribution in [0.1, 0.15) is 40.5 Å². The van der Waals surface area contributed by atoms with Crippen molar-refractivity contribution >= 4 is 11.9 Å². The van der Waals surface area contributed by atoms with Crippen molar-refractivity contribution in [3.63, 3.8) is 0 Å². The average molecular weight is 266 g/mol. The van der Waals surface area contributed by atoms with E-state index in [-0.39, 0.29) is 18.5 Å². The number of nitrogens with zero attached hydrogens (tertiary/aromatic N) is 2. The summed E-state index contributed by atoms with van der Waals surface area (Å²) in [5.74, 6) is -0.277. The number of hydrogen-bond donors (Lipinski definition) is 0. The Morgan fingerprint density at radius 2 is 2.05 bits per heavy atom. The molecule has 5 heteroatoms. The molecule has 0 N–H and O–H groups in total. The predicted octanol–water partition coefficient (Wildman–Crippen LogP) is 1.73. The molecular formula is C14H22N2O3. The predicted molar refractivity (Wildman–Crippen MR) is 69.9 cm³/mol. The molecule has 1 amide bonds. The number of nitriles is 1. The van der Waals surface area contributed by atoms with Crippen LogP contribution >= 0.6 is 0 Å². The van der Waals surface area contributed by atoms with E-state index in [1.165, 1.54) is 4.90 Å². The maximum atomic E-state index is 12.5. The molecule has 19 heavy (non-hydrogen) atoms. The second kappa shape index (κ2) is 6.05. The summed E-state index contributed by atoms with van der Waals surface area (Å²) in [5, 5.41) is 9.28. The highest BCUT2D eigenvalue weighted by Gasteiger charge is 2.51. The summed E-state index contributed by atoms with van der Waals surface area (Å²) in [7, 11) is 0. The first-order valence-corrected chi connectivity index (χ1v) is 6.74. The van der Waals surface area contributed by atoms with Gasteiger partial charge in [0, 0.05) is 6.04 Å². The van der Waals surface area contributed by atoms with Gasteiger partial charge in [0.1, 0.15) is 12.0 Å². The number of ether oxygens (including phenoxy) is 1. The van der Waals surface area contributed by atoms with Crippen LogP contribution < -0.4 is 0 Å². The zero-order valence-corrected chi connectivity index (χ0v) is 12.1. The van der Waals surface area contributed by atoms with E-state index in [1.54, 1.807) is 6.92 Å². The van der Waals surface area contributed by atoms with Crippen molar-refractivity contribution in [3.8, 4) is 6.07 Å². The van der Waals surface area contributed by atoms with E-state index in [4.69, 9.17) is 4.74 Å². The zero-order valence-electron chi connectivity index (χ0n) is 12.1. The molecule has 0 bridgehead atoms. The second-order valence-corrected chi connectivity index (χ2v) is 5.54. The van der Waals surface area contributed by atoms with E-state index in [0.29, 0.717) is 25.4 Å². The minimum absolute atomic E-state index is 0.0812. The summed E-state index contributed by atoms with van der Waals surface area (Å²) in [6, 6.07) is 2.02. The van der Waals surface area contributed by atoms with E-state index >= 15 is 0 Å². The molecule has 0 saturated heterocycles. The monoisotopic (exact) mass is 266 g/mol. The molecule has 1 aliphatic rings. The molecule has 0 aromatic carbocycles. The maximum Gasteiger partial charge on any atom is 0.325 e. The molecule has 0 aromatic heterocycles. The van der Waals surface area contributed by atoms with Gasteiger partial charge in [0.05, 0.1) is 12.7 Å². The SMILES string of the molecule is CCOC(=O)CN(C(=O)C1(C#N)CC(C)C1)C(C)C. The molecule has 1 saturated carbocycles. The number of esters is 1. The van der Waals surface area contributed by atoms with Crippen molar-refractivity contribution in [3.05, 3.63) is 0 Å².